The highest BCUT2D eigenvalue weighted by molar-refractivity contribution is 5.02. The van der Waals surface area contributed by atoms with Crippen LogP contribution in [0.2, 0.25) is 0 Å². The van der Waals surface area contributed by atoms with E-state index in [0.29, 0.717) is 12.5 Å². The highest BCUT2D eigenvalue weighted by Gasteiger charge is 2.77. The van der Waals surface area contributed by atoms with E-state index in [1.807, 2.05) is 0 Å². The second kappa shape index (κ2) is 6.81. The van der Waals surface area contributed by atoms with Crippen molar-refractivity contribution < 1.29 is 53.0 Å². The van der Waals surface area contributed by atoms with Crippen LogP contribution in [0, 0.1) is 0 Å². The Morgan fingerprint density at radius 3 is 1.61 bits per heavy atom. The number of ether oxygens (including phenoxy) is 1. The molecule has 0 saturated heterocycles. The fraction of sp³-hybridized carbons (Fsp3) is 0.818. The van der Waals surface area contributed by atoms with Gasteiger partial charge in [0.15, 0.2) is 0 Å². The summed E-state index contributed by atoms with van der Waals surface area (Å²) in [7, 11) is 0. The topological polar surface area (TPSA) is 9.23 Å². The van der Waals surface area contributed by atoms with Gasteiger partial charge in [-0.1, -0.05) is 25.8 Å². The average Bonchev–Trinajstić information content (AvgIpc) is 2.31. The maximum atomic E-state index is 13.5. The summed E-state index contributed by atoms with van der Waals surface area (Å²) in [5, 5.41) is 0. The molecule has 0 fully saturated rings. The summed E-state index contributed by atoms with van der Waals surface area (Å²) in [4.78, 5) is 0. The molecule has 23 heavy (non-hydrogen) atoms. The average molecular weight is 368 g/mol. The van der Waals surface area contributed by atoms with Gasteiger partial charge < -0.3 is 0 Å². The van der Waals surface area contributed by atoms with E-state index in [-0.39, 0.29) is 12.8 Å². The third-order valence-electron chi connectivity index (χ3n) is 2.44. The quantitative estimate of drug-likeness (QED) is 0.315. The molecule has 1 unspecified atom stereocenters. The first kappa shape index (κ1) is 21.9. The van der Waals surface area contributed by atoms with Crippen LogP contribution in [0.1, 0.15) is 26.2 Å². The van der Waals surface area contributed by atoms with E-state index in [1.165, 1.54) is 0 Å². The SMILES string of the molecule is CCCC/C=C/C(F)(OC(F)(F)C(F)(F)C(F)(F)F)C(F)(F)F. The molecule has 12 heteroatoms. The molecule has 1 nitrogen and oxygen atoms in total. The van der Waals surface area contributed by atoms with E-state index < -0.39 is 36.3 Å². The molecule has 0 heterocycles. The van der Waals surface area contributed by atoms with E-state index in [0.717, 1.165) is 0 Å². The molecule has 0 N–H and O–H groups in total. The number of allylic oxidation sites excluding steroid dienone is 1. The van der Waals surface area contributed by atoms with Crippen molar-refractivity contribution in [2.24, 2.45) is 0 Å². The lowest BCUT2D eigenvalue weighted by Gasteiger charge is -2.33. The van der Waals surface area contributed by atoms with Crippen LogP contribution in [0.3, 0.4) is 0 Å². The summed E-state index contributed by atoms with van der Waals surface area (Å²) in [6, 6.07) is 0. The van der Waals surface area contributed by atoms with Crippen LogP contribution in [0.15, 0.2) is 12.2 Å². The number of hydrogen-bond acceptors (Lipinski definition) is 1. The second-order valence-corrected chi connectivity index (χ2v) is 4.38. The second-order valence-electron chi connectivity index (χ2n) is 4.38. The van der Waals surface area contributed by atoms with Crippen LogP contribution in [0.4, 0.5) is 48.3 Å². The van der Waals surface area contributed by atoms with Gasteiger partial charge in [0.25, 0.3) is 0 Å². The molecule has 0 bridgehead atoms. The normalized spacial score (nSPS) is 17.6. The first-order valence-corrected chi connectivity index (χ1v) is 5.97. The van der Waals surface area contributed by atoms with Crippen molar-refractivity contribution in [1.82, 2.24) is 0 Å². The Bertz CT molecular complexity index is 409. The first-order valence-electron chi connectivity index (χ1n) is 5.97. The molecule has 138 valence electrons. The van der Waals surface area contributed by atoms with Gasteiger partial charge in [0.1, 0.15) is 0 Å². The Kier molecular flexibility index (Phi) is 6.50. The third-order valence-corrected chi connectivity index (χ3v) is 2.44. The maximum Gasteiger partial charge on any atom is 0.462 e. The van der Waals surface area contributed by atoms with Crippen molar-refractivity contribution in [3.8, 4) is 0 Å². The highest BCUT2D eigenvalue weighted by Crippen LogP contribution is 2.51. The lowest BCUT2D eigenvalue weighted by Crippen LogP contribution is -2.58. The van der Waals surface area contributed by atoms with E-state index in [1.54, 1.807) is 6.92 Å². The number of hydrogen-bond donors (Lipinski definition) is 0. The molecule has 1 atom stereocenters. The van der Waals surface area contributed by atoms with E-state index in [9.17, 15) is 48.3 Å². The molecule has 0 amide bonds. The molecule has 0 aromatic heterocycles. The summed E-state index contributed by atoms with van der Waals surface area (Å²) < 4.78 is 139. The van der Waals surface area contributed by atoms with Crippen molar-refractivity contribution in [1.29, 1.82) is 0 Å². The molecule has 0 rings (SSSR count). The molecule has 0 spiro atoms. The zero-order valence-corrected chi connectivity index (χ0v) is 11.3. The predicted molar refractivity (Wildman–Crippen MR) is 55.6 cm³/mol. The van der Waals surface area contributed by atoms with Gasteiger partial charge in [-0.25, -0.2) is 0 Å². The Labute approximate surface area is 123 Å². The lowest BCUT2D eigenvalue weighted by atomic mass is 10.2. The molecular weight excluding hydrogens is 357 g/mol. The van der Waals surface area contributed by atoms with E-state index in [4.69, 9.17) is 0 Å². The predicted octanol–water partition coefficient (Wildman–Crippen LogP) is 5.77. The summed E-state index contributed by atoms with van der Waals surface area (Å²) in [6.07, 6.45) is -20.0. The number of halogens is 11. The van der Waals surface area contributed by atoms with Crippen LogP contribution < -0.4 is 0 Å². The van der Waals surface area contributed by atoms with Crippen molar-refractivity contribution in [3.05, 3.63) is 12.2 Å². The van der Waals surface area contributed by atoms with Crippen LogP contribution in [-0.4, -0.2) is 30.2 Å². The van der Waals surface area contributed by atoms with Crippen LogP contribution in [0.5, 0.6) is 0 Å². The van der Waals surface area contributed by atoms with Crippen molar-refractivity contribution in [2.75, 3.05) is 0 Å². The lowest BCUT2D eigenvalue weighted by molar-refractivity contribution is -0.473. The first-order chi connectivity index (χ1) is 10.0. The summed E-state index contributed by atoms with van der Waals surface area (Å²) >= 11 is 0. The number of rotatable bonds is 7. The van der Waals surface area contributed by atoms with Gasteiger partial charge in [-0.3, -0.25) is 4.74 Å². The van der Waals surface area contributed by atoms with Gasteiger partial charge in [0, 0.05) is 0 Å². The van der Waals surface area contributed by atoms with Gasteiger partial charge >= 0.3 is 30.2 Å². The summed E-state index contributed by atoms with van der Waals surface area (Å²) in [5.41, 5.74) is 0. The van der Waals surface area contributed by atoms with Gasteiger partial charge in [0.2, 0.25) is 0 Å². The zero-order valence-electron chi connectivity index (χ0n) is 11.3. The number of alkyl halides is 11. The number of unbranched alkanes of at least 4 members (excludes halogenated alkanes) is 2. The summed E-state index contributed by atoms with van der Waals surface area (Å²) in [6.45, 7) is 1.58. The Morgan fingerprint density at radius 2 is 1.26 bits per heavy atom. The van der Waals surface area contributed by atoms with E-state index >= 15 is 0 Å². The minimum Gasteiger partial charge on any atom is -0.266 e. The van der Waals surface area contributed by atoms with E-state index in [2.05, 4.69) is 4.74 Å². The van der Waals surface area contributed by atoms with Gasteiger partial charge in [-0.2, -0.15) is 48.3 Å². The molecule has 0 aromatic rings. The van der Waals surface area contributed by atoms with Crippen molar-refractivity contribution >= 4 is 0 Å². The molecule has 0 aromatic carbocycles. The monoisotopic (exact) mass is 368 g/mol. The fourth-order valence-electron chi connectivity index (χ4n) is 1.16. The van der Waals surface area contributed by atoms with Gasteiger partial charge in [0.05, 0.1) is 0 Å². The molecular formula is C11H11F11O. The minimum atomic E-state index is -7.03. The maximum absolute atomic E-state index is 13.5. The Morgan fingerprint density at radius 1 is 0.783 bits per heavy atom. The third kappa shape index (κ3) is 4.95. The molecule has 0 aliphatic rings. The van der Waals surface area contributed by atoms with Crippen molar-refractivity contribution in [3.63, 3.8) is 0 Å². The van der Waals surface area contributed by atoms with Crippen LogP contribution in [0.25, 0.3) is 0 Å². The van der Waals surface area contributed by atoms with Gasteiger partial charge in [-0.05, 0) is 12.5 Å². The Hall–Kier alpha value is -1.07. The Balaban J connectivity index is 5.60. The smallest absolute Gasteiger partial charge is 0.266 e. The largest absolute Gasteiger partial charge is 0.462 e. The molecule has 0 aliphatic carbocycles. The highest BCUT2D eigenvalue weighted by atomic mass is 19.4. The molecule has 0 saturated carbocycles. The minimum absolute atomic E-state index is 0.194. The summed E-state index contributed by atoms with van der Waals surface area (Å²) in [5.74, 6) is -12.5. The van der Waals surface area contributed by atoms with Crippen molar-refractivity contribution in [2.45, 2.75) is 56.4 Å². The molecule has 0 aliphatic heterocycles. The van der Waals surface area contributed by atoms with Crippen LogP contribution in [-0.2, 0) is 4.74 Å². The molecule has 0 radical (unpaired) electrons. The van der Waals surface area contributed by atoms with Crippen LogP contribution >= 0.6 is 0 Å². The van der Waals surface area contributed by atoms with Gasteiger partial charge in [-0.15, -0.1) is 0 Å². The zero-order chi connectivity index (χ0) is 18.7. The fourth-order valence-corrected chi connectivity index (χ4v) is 1.16. The standard InChI is InChI=1S/C11H11F11O/c1-2-3-4-5-6-7(12,9(15,16)17)23-11(21,22)8(13,14)10(18,19)20/h5-6H,2-4H2,1H3/b6-5+.